The number of hydrogen-bond donors (Lipinski definition) is 0. The summed E-state index contributed by atoms with van der Waals surface area (Å²) in [6.45, 7) is 14.2. The molecule has 0 aromatic heterocycles. The molecular weight excluding hydrogens is 354 g/mol. The van der Waals surface area contributed by atoms with Crippen LogP contribution in [0.15, 0.2) is 24.3 Å². The standard InChI is InChI=1S/C23H39NO4/c1-19(28-24-22(2,3)12-7-13-23(24,4)5)21-10-8-20(9-11-21)18-27-17-16-26-15-14-25-6/h8-11,19H,7,12-18H2,1-6H3. The number of ether oxygens (including phenoxy) is 3. The lowest BCUT2D eigenvalue weighted by Gasteiger charge is -2.52. The molecule has 160 valence electrons. The molecular formula is C23H39NO4. The molecule has 2 rings (SSSR count). The number of methoxy groups -OCH3 is 1. The Bertz CT molecular complexity index is 554. The van der Waals surface area contributed by atoms with Crippen molar-refractivity contribution in [1.82, 2.24) is 5.06 Å². The van der Waals surface area contributed by atoms with Crippen molar-refractivity contribution < 1.29 is 19.0 Å². The van der Waals surface area contributed by atoms with Crippen LogP contribution in [-0.2, 0) is 25.7 Å². The van der Waals surface area contributed by atoms with Crippen LogP contribution < -0.4 is 0 Å². The lowest BCUT2D eigenvalue weighted by atomic mass is 9.82. The minimum atomic E-state index is 0.0146. The van der Waals surface area contributed by atoms with Crippen LogP contribution in [0.2, 0.25) is 0 Å². The third-order valence-corrected chi connectivity index (χ3v) is 5.46. The Hall–Kier alpha value is -0.980. The van der Waals surface area contributed by atoms with Gasteiger partial charge in [-0.2, -0.15) is 5.06 Å². The summed E-state index contributed by atoms with van der Waals surface area (Å²) in [5.74, 6) is 0. The van der Waals surface area contributed by atoms with E-state index < -0.39 is 0 Å². The fourth-order valence-corrected chi connectivity index (χ4v) is 3.92. The summed E-state index contributed by atoms with van der Waals surface area (Å²) in [7, 11) is 1.67. The van der Waals surface area contributed by atoms with Crippen molar-refractivity contribution in [3.8, 4) is 0 Å². The first-order chi connectivity index (χ1) is 13.3. The van der Waals surface area contributed by atoms with Crippen LogP contribution in [-0.4, -0.2) is 49.7 Å². The molecule has 1 aliphatic heterocycles. The molecule has 0 radical (unpaired) electrons. The van der Waals surface area contributed by atoms with E-state index in [-0.39, 0.29) is 17.2 Å². The van der Waals surface area contributed by atoms with Crippen LogP contribution >= 0.6 is 0 Å². The van der Waals surface area contributed by atoms with Gasteiger partial charge in [-0.3, -0.25) is 4.84 Å². The molecule has 0 amide bonds. The molecule has 5 nitrogen and oxygen atoms in total. The van der Waals surface area contributed by atoms with Gasteiger partial charge in [0.2, 0.25) is 0 Å². The van der Waals surface area contributed by atoms with Crippen LogP contribution in [0.25, 0.3) is 0 Å². The van der Waals surface area contributed by atoms with Gasteiger partial charge < -0.3 is 14.2 Å². The highest BCUT2D eigenvalue weighted by Crippen LogP contribution is 2.40. The number of piperidine rings is 1. The average Bonchev–Trinajstić information content (AvgIpc) is 2.64. The van der Waals surface area contributed by atoms with Gasteiger partial charge in [0.1, 0.15) is 6.10 Å². The van der Waals surface area contributed by atoms with Gasteiger partial charge in [-0.05, 0) is 65.0 Å². The lowest BCUT2D eigenvalue weighted by Crippen LogP contribution is -2.58. The van der Waals surface area contributed by atoms with E-state index in [2.05, 4.69) is 63.9 Å². The second-order valence-corrected chi connectivity index (χ2v) is 8.92. The Labute approximate surface area is 171 Å². The van der Waals surface area contributed by atoms with E-state index in [0.717, 1.165) is 18.4 Å². The van der Waals surface area contributed by atoms with Crippen LogP contribution in [0.1, 0.15) is 71.1 Å². The molecule has 1 fully saturated rings. The smallest absolute Gasteiger partial charge is 0.102 e. The van der Waals surface area contributed by atoms with Gasteiger partial charge in [-0.1, -0.05) is 24.3 Å². The predicted octanol–water partition coefficient (Wildman–Crippen LogP) is 4.90. The highest BCUT2D eigenvalue weighted by atomic mass is 16.7. The number of nitrogens with zero attached hydrogens (tertiary/aromatic N) is 1. The maximum absolute atomic E-state index is 6.47. The molecule has 0 spiro atoms. The van der Waals surface area contributed by atoms with Gasteiger partial charge in [0.25, 0.3) is 0 Å². The Balaban J connectivity index is 1.82. The van der Waals surface area contributed by atoms with Crippen molar-refractivity contribution in [2.45, 2.75) is 77.7 Å². The van der Waals surface area contributed by atoms with Crippen molar-refractivity contribution in [3.63, 3.8) is 0 Å². The van der Waals surface area contributed by atoms with E-state index in [1.807, 2.05) is 0 Å². The molecule has 1 aromatic rings. The summed E-state index contributed by atoms with van der Waals surface area (Å²) in [6.07, 6.45) is 3.59. The normalized spacial score (nSPS) is 20.2. The van der Waals surface area contributed by atoms with E-state index >= 15 is 0 Å². The molecule has 1 unspecified atom stereocenters. The van der Waals surface area contributed by atoms with Crippen LogP contribution in [0.4, 0.5) is 0 Å². The van der Waals surface area contributed by atoms with Crippen molar-refractivity contribution in [2.24, 2.45) is 0 Å². The van der Waals surface area contributed by atoms with Gasteiger partial charge in [-0.25, -0.2) is 0 Å². The highest BCUT2D eigenvalue weighted by Gasteiger charge is 2.43. The van der Waals surface area contributed by atoms with Gasteiger partial charge in [-0.15, -0.1) is 0 Å². The number of rotatable bonds is 11. The molecule has 0 saturated carbocycles. The molecule has 5 heteroatoms. The first-order valence-corrected chi connectivity index (χ1v) is 10.5. The molecule has 28 heavy (non-hydrogen) atoms. The fraction of sp³-hybridized carbons (Fsp3) is 0.739. The quantitative estimate of drug-likeness (QED) is 0.500. The molecule has 0 aliphatic carbocycles. The third-order valence-electron chi connectivity index (χ3n) is 5.46. The summed E-state index contributed by atoms with van der Waals surface area (Å²) in [5, 5.41) is 2.23. The minimum absolute atomic E-state index is 0.0146. The van der Waals surface area contributed by atoms with Crippen molar-refractivity contribution in [3.05, 3.63) is 35.4 Å². The second kappa shape index (κ2) is 10.7. The Kier molecular flexibility index (Phi) is 8.90. The Morgan fingerprint density at radius 1 is 0.893 bits per heavy atom. The highest BCUT2D eigenvalue weighted by molar-refractivity contribution is 5.23. The topological polar surface area (TPSA) is 40.2 Å². The van der Waals surface area contributed by atoms with Crippen molar-refractivity contribution in [2.75, 3.05) is 33.5 Å². The molecule has 1 saturated heterocycles. The van der Waals surface area contributed by atoms with E-state index in [1.54, 1.807) is 7.11 Å². The molecule has 0 bridgehead atoms. The van der Waals surface area contributed by atoms with E-state index in [4.69, 9.17) is 19.0 Å². The third kappa shape index (κ3) is 6.82. The Morgan fingerprint density at radius 2 is 1.46 bits per heavy atom. The maximum Gasteiger partial charge on any atom is 0.102 e. The zero-order valence-electron chi connectivity index (χ0n) is 18.6. The zero-order chi connectivity index (χ0) is 20.6. The second-order valence-electron chi connectivity index (χ2n) is 8.92. The number of hydrogen-bond acceptors (Lipinski definition) is 5. The summed E-state index contributed by atoms with van der Waals surface area (Å²) >= 11 is 0. The monoisotopic (exact) mass is 393 g/mol. The Morgan fingerprint density at radius 3 is 2.07 bits per heavy atom. The molecule has 1 aromatic carbocycles. The summed E-state index contributed by atoms with van der Waals surface area (Å²) in [5.41, 5.74) is 2.44. The number of hydroxylamine groups is 2. The van der Waals surface area contributed by atoms with Crippen molar-refractivity contribution in [1.29, 1.82) is 0 Å². The lowest BCUT2D eigenvalue weighted by molar-refractivity contribution is -0.304. The average molecular weight is 394 g/mol. The van der Waals surface area contributed by atoms with E-state index in [0.29, 0.717) is 33.0 Å². The summed E-state index contributed by atoms with van der Waals surface area (Å²) in [6, 6.07) is 8.52. The molecule has 0 N–H and O–H groups in total. The number of benzene rings is 1. The van der Waals surface area contributed by atoms with E-state index in [1.165, 1.54) is 12.0 Å². The van der Waals surface area contributed by atoms with Gasteiger partial charge in [0, 0.05) is 18.2 Å². The summed E-state index contributed by atoms with van der Waals surface area (Å²) < 4.78 is 16.0. The zero-order valence-corrected chi connectivity index (χ0v) is 18.6. The largest absolute Gasteiger partial charge is 0.382 e. The molecule has 1 atom stereocenters. The van der Waals surface area contributed by atoms with Crippen molar-refractivity contribution >= 4 is 0 Å². The minimum Gasteiger partial charge on any atom is -0.382 e. The van der Waals surface area contributed by atoms with E-state index in [9.17, 15) is 0 Å². The van der Waals surface area contributed by atoms with Crippen LogP contribution in [0.3, 0.4) is 0 Å². The SMILES string of the molecule is COCCOCCOCc1ccc(C(C)ON2C(C)(C)CCCC2(C)C)cc1. The van der Waals surface area contributed by atoms with Gasteiger partial charge in [0.05, 0.1) is 33.0 Å². The first kappa shape index (κ1) is 23.3. The van der Waals surface area contributed by atoms with Crippen LogP contribution in [0.5, 0.6) is 0 Å². The maximum atomic E-state index is 6.47. The fourth-order valence-electron chi connectivity index (χ4n) is 3.92. The van der Waals surface area contributed by atoms with Crippen LogP contribution in [0, 0.1) is 0 Å². The summed E-state index contributed by atoms with van der Waals surface area (Å²) in [4.78, 5) is 6.47. The van der Waals surface area contributed by atoms with Gasteiger partial charge >= 0.3 is 0 Å². The predicted molar refractivity (Wildman–Crippen MR) is 112 cm³/mol. The van der Waals surface area contributed by atoms with Gasteiger partial charge in [0.15, 0.2) is 0 Å². The molecule has 1 heterocycles. The first-order valence-electron chi connectivity index (χ1n) is 10.5. The molecule has 1 aliphatic rings.